The molecule has 0 saturated heterocycles. The summed E-state index contributed by atoms with van der Waals surface area (Å²) in [5.74, 6) is -1.42. The molecule has 0 aromatic heterocycles. The summed E-state index contributed by atoms with van der Waals surface area (Å²) in [6, 6.07) is 8.70. The Morgan fingerprint density at radius 3 is 2.52 bits per heavy atom. The number of aliphatic hydroxyl groups excluding tert-OH is 1. The zero-order valence-electron chi connectivity index (χ0n) is 11.6. The van der Waals surface area contributed by atoms with Crippen LogP contribution in [0.3, 0.4) is 0 Å². The van der Waals surface area contributed by atoms with Gasteiger partial charge in [-0.2, -0.15) is 4.79 Å². The van der Waals surface area contributed by atoms with Gasteiger partial charge in [0.15, 0.2) is 0 Å². The zero-order chi connectivity index (χ0) is 15.6. The molecule has 0 radical (unpaired) electrons. The van der Waals surface area contributed by atoms with Crippen molar-refractivity contribution < 1.29 is 19.5 Å². The lowest BCUT2D eigenvalue weighted by atomic mass is 9.85. The van der Waals surface area contributed by atoms with E-state index in [-0.39, 0.29) is 11.5 Å². The molecule has 7 nitrogen and oxygen atoms in total. The number of Topliss-reactive ketones (excluding diaryl/α,β-unsaturated/α-hetero) is 1. The third-order valence-electron chi connectivity index (χ3n) is 3.32. The molecule has 0 bridgehead atoms. The molecule has 0 fully saturated rings. The van der Waals surface area contributed by atoms with E-state index in [1.54, 1.807) is 30.3 Å². The van der Waals surface area contributed by atoms with Gasteiger partial charge in [0.2, 0.25) is 11.8 Å². The maximum atomic E-state index is 12.2. The molecule has 2 rings (SSSR count). The molecule has 0 saturated carbocycles. The Morgan fingerprint density at radius 2 is 2.00 bits per heavy atom. The normalized spacial score (nSPS) is 21.1. The van der Waals surface area contributed by atoms with Crippen LogP contribution in [0.15, 0.2) is 36.2 Å². The largest absolute Gasteiger partial charge is 0.493 e. The number of hydrazine groups is 1. The quantitative estimate of drug-likeness (QED) is 0.489. The summed E-state index contributed by atoms with van der Waals surface area (Å²) in [5, 5.41) is 11.2. The van der Waals surface area contributed by atoms with Crippen molar-refractivity contribution in [3.8, 4) is 0 Å². The lowest BCUT2D eigenvalue weighted by Crippen LogP contribution is -2.53. The van der Waals surface area contributed by atoms with Gasteiger partial charge in [-0.1, -0.05) is 30.3 Å². The number of nitrogens with zero attached hydrogens (tertiary/aromatic N) is 3. The number of aliphatic hydroxyl groups is 1. The second-order valence-corrected chi connectivity index (χ2v) is 4.76. The van der Waals surface area contributed by atoms with Gasteiger partial charge in [-0.15, -0.1) is 0 Å². The second-order valence-electron chi connectivity index (χ2n) is 4.76. The van der Waals surface area contributed by atoms with Gasteiger partial charge in [0.25, 0.3) is 5.78 Å². The molecule has 108 valence electrons. The van der Waals surface area contributed by atoms with Crippen LogP contribution in [0.25, 0.3) is 11.1 Å². The van der Waals surface area contributed by atoms with Crippen LogP contribution in [0.5, 0.6) is 0 Å². The highest BCUT2D eigenvalue weighted by Gasteiger charge is 2.49. The van der Waals surface area contributed by atoms with Crippen LogP contribution in [0.4, 0.5) is 0 Å². The topological polar surface area (TPSA) is 106 Å². The summed E-state index contributed by atoms with van der Waals surface area (Å²) in [5.41, 5.74) is 10.6. The van der Waals surface area contributed by atoms with Gasteiger partial charge >= 0.3 is 6.21 Å². The van der Waals surface area contributed by atoms with Crippen LogP contribution < -0.4 is 5.43 Å². The molecule has 0 unspecified atom stereocenters. The fraction of sp³-hybridized carbons (Fsp3) is 0.214. The molecule has 1 aliphatic heterocycles. The predicted molar refractivity (Wildman–Crippen MR) is 74.7 cm³/mol. The molecular formula is C14H14N4O3. The van der Waals surface area contributed by atoms with E-state index in [0.29, 0.717) is 5.56 Å². The zero-order valence-corrected chi connectivity index (χ0v) is 11.6. The minimum atomic E-state index is -1.41. The monoisotopic (exact) mass is 286 g/mol. The SMILES string of the molecule is CC(=O)N1N[C@@](C)(C(=O)C=[N+]=[N-])C(c2ccccc2)=C1O. The van der Waals surface area contributed by atoms with Crippen molar-refractivity contribution in [1.82, 2.24) is 10.4 Å². The highest BCUT2D eigenvalue weighted by atomic mass is 16.3. The third-order valence-corrected chi connectivity index (χ3v) is 3.32. The highest BCUT2D eigenvalue weighted by Crippen LogP contribution is 2.36. The average Bonchev–Trinajstić information content (AvgIpc) is 2.73. The summed E-state index contributed by atoms with van der Waals surface area (Å²) in [6.07, 6.45) is 0.729. The van der Waals surface area contributed by atoms with Crippen LogP contribution in [-0.4, -0.2) is 38.3 Å². The first-order valence-corrected chi connectivity index (χ1v) is 6.21. The fourth-order valence-corrected chi connectivity index (χ4v) is 2.28. The number of benzene rings is 1. The van der Waals surface area contributed by atoms with E-state index in [9.17, 15) is 14.7 Å². The molecule has 1 aromatic rings. The Balaban J connectivity index is 2.64. The van der Waals surface area contributed by atoms with E-state index in [1.165, 1.54) is 13.8 Å². The van der Waals surface area contributed by atoms with E-state index in [1.807, 2.05) is 0 Å². The van der Waals surface area contributed by atoms with Crippen LogP contribution in [0, 0.1) is 0 Å². The first kappa shape index (κ1) is 14.6. The van der Waals surface area contributed by atoms with Crippen molar-refractivity contribution in [1.29, 1.82) is 0 Å². The van der Waals surface area contributed by atoms with Crippen molar-refractivity contribution >= 4 is 23.5 Å². The van der Waals surface area contributed by atoms with Gasteiger partial charge in [0.05, 0.1) is 5.57 Å². The predicted octanol–water partition coefficient (Wildman–Crippen LogP) is 0.908. The number of ketones is 1. The van der Waals surface area contributed by atoms with Gasteiger partial charge in [-0.05, 0) is 12.5 Å². The summed E-state index contributed by atoms with van der Waals surface area (Å²) in [4.78, 5) is 26.5. The van der Waals surface area contributed by atoms with Crippen LogP contribution >= 0.6 is 0 Å². The van der Waals surface area contributed by atoms with Gasteiger partial charge in [-0.25, -0.2) is 10.4 Å². The molecule has 21 heavy (non-hydrogen) atoms. The lowest BCUT2D eigenvalue weighted by Gasteiger charge is -2.24. The fourth-order valence-electron chi connectivity index (χ4n) is 2.28. The molecule has 1 heterocycles. The minimum absolute atomic E-state index is 0.239. The summed E-state index contributed by atoms with van der Waals surface area (Å²) in [6.45, 7) is 2.75. The Morgan fingerprint density at radius 1 is 1.38 bits per heavy atom. The third kappa shape index (κ3) is 2.35. The van der Waals surface area contributed by atoms with Crippen molar-refractivity contribution in [3.63, 3.8) is 0 Å². The van der Waals surface area contributed by atoms with E-state index in [0.717, 1.165) is 11.2 Å². The van der Waals surface area contributed by atoms with Crippen LogP contribution in [0.1, 0.15) is 19.4 Å². The number of amides is 1. The number of carbonyl (C=O) groups is 2. The Kier molecular flexibility index (Phi) is 3.71. The van der Waals surface area contributed by atoms with Crippen molar-refractivity contribution in [2.75, 3.05) is 0 Å². The highest BCUT2D eigenvalue weighted by molar-refractivity contribution is 6.33. The van der Waals surface area contributed by atoms with Gasteiger partial charge in [-0.3, -0.25) is 9.59 Å². The van der Waals surface area contributed by atoms with Crippen molar-refractivity contribution in [2.45, 2.75) is 19.4 Å². The molecular weight excluding hydrogens is 272 g/mol. The molecule has 1 aromatic carbocycles. The molecule has 0 aliphatic carbocycles. The summed E-state index contributed by atoms with van der Waals surface area (Å²) in [7, 11) is 0. The summed E-state index contributed by atoms with van der Waals surface area (Å²) < 4.78 is 0. The van der Waals surface area contributed by atoms with E-state index >= 15 is 0 Å². The molecule has 1 aliphatic rings. The number of hydrogen-bond donors (Lipinski definition) is 2. The van der Waals surface area contributed by atoms with Gasteiger partial charge < -0.3 is 10.6 Å². The molecule has 2 N–H and O–H groups in total. The lowest BCUT2D eigenvalue weighted by molar-refractivity contribution is -0.133. The van der Waals surface area contributed by atoms with E-state index in [2.05, 4.69) is 10.2 Å². The first-order valence-electron chi connectivity index (χ1n) is 6.21. The first-order chi connectivity index (χ1) is 9.91. The molecule has 1 atom stereocenters. The maximum absolute atomic E-state index is 12.2. The summed E-state index contributed by atoms with van der Waals surface area (Å²) >= 11 is 0. The number of rotatable bonds is 3. The van der Waals surface area contributed by atoms with E-state index in [4.69, 9.17) is 5.53 Å². The van der Waals surface area contributed by atoms with E-state index < -0.39 is 17.2 Å². The standard InChI is InChI=1S/C14H14N4O3/c1-9(19)18-13(21)12(10-6-4-3-5-7-10)14(2,17-18)11(20)8-16-15/h3-8,17,21H,1-2H3/t14-/m0/s1. The van der Waals surface area contributed by atoms with Gasteiger partial charge in [0, 0.05) is 6.92 Å². The van der Waals surface area contributed by atoms with Crippen LogP contribution in [0.2, 0.25) is 0 Å². The Bertz CT molecular complexity index is 677. The van der Waals surface area contributed by atoms with Crippen LogP contribution in [-0.2, 0) is 9.59 Å². The van der Waals surface area contributed by atoms with Crippen molar-refractivity contribution in [3.05, 3.63) is 47.3 Å². The van der Waals surface area contributed by atoms with Gasteiger partial charge in [0.1, 0.15) is 5.54 Å². The number of carbonyl (C=O) groups excluding carboxylic acids is 2. The Labute approximate surface area is 121 Å². The Hall–Kier alpha value is -2.76. The maximum Gasteiger partial charge on any atom is 0.325 e. The minimum Gasteiger partial charge on any atom is -0.493 e. The molecule has 0 spiro atoms. The average molecular weight is 286 g/mol. The van der Waals surface area contributed by atoms with Crippen molar-refractivity contribution in [2.24, 2.45) is 0 Å². The molecule has 1 amide bonds. The molecule has 7 heteroatoms. The smallest absolute Gasteiger partial charge is 0.325 e. The second kappa shape index (κ2) is 5.32. The number of nitrogens with one attached hydrogen (secondary N) is 1. The number of hydrogen-bond acceptors (Lipinski definition) is 4.